The van der Waals surface area contributed by atoms with Gasteiger partial charge in [-0.05, 0) is 6.42 Å². The van der Waals surface area contributed by atoms with Crippen molar-refractivity contribution in [1.82, 2.24) is 5.32 Å². The molecule has 22 nitrogen and oxygen atoms in total. The lowest BCUT2D eigenvalue weighted by molar-refractivity contribution is -0.316. The van der Waals surface area contributed by atoms with Crippen LogP contribution in [-0.4, -0.2) is 195 Å². The highest BCUT2D eigenvalue weighted by atomic mass is 16.8. The van der Waals surface area contributed by atoms with Gasteiger partial charge in [-0.15, -0.1) is 0 Å². The predicted octanol–water partition coefficient (Wildman–Crippen LogP) is -10.0. The van der Waals surface area contributed by atoms with Crippen LogP contribution in [0.1, 0.15) is 12.8 Å². The molecular formula is C27H53N7O15. The van der Waals surface area contributed by atoms with E-state index < -0.39 is 141 Å². The van der Waals surface area contributed by atoms with Crippen LogP contribution < -0.4 is 39.7 Å². The first-order valence-corrected chi connectivity index (χ1v) is 16.1. The highest BCUT2D eigenvalue weighted by Gasteiger charge is 2.54. The summed E-state index contributed by atoms with van der Waals surface area (Å²) in [5.41, 5.74) is 35.5. The number of ether oxygens (including phenoxy) is 6. The number of carbonyl (C=O) groups is 1. The molecule has 1 aliphatic carbocycles. The van der Waals surface area contributed by atoms with E-state index in [4.69, 9.17) is 62.8 Å². The summed E-state index contributed by atoms with van der Waals surface area (Å²) in [7, 11) is 0. The van der Waals surface area contributed by atoms with Crippen molar-refractivity contribution in [2.24, 2.45) is 34.4 Å². The molecule has 3 aliphatic heterocycles. The lowest BCUT2D eigenvalue weighted by atomic mass is 9.83. The summed E-state index contributed by atoms with van der Waals surface area (Å²) in [4.78, 5) is 12.7. The van der Waals surface area contributed by atoms with Gasteiger partial charge in [0.1, 0.15) is 61.0 Å². The van der Waals surface area contributed by atoms with Gasteiger partial charge in [-0.3, -0.25) is 4.79 Å². The number of hydrogen-bond donors (Lipinski definition) is 15. The van der Waals surface area contributed by atoms with Gasteiger partial charge >= 0.3 is 0 Å². The maximum atomic E-state index is 12.7. The summed E-state index contributed by atoms with van der Waals surface area (Å²) in [6.45, 7) is -1.37. The Labute approximate surface area is 281 Å². The van der Waals surface area contributed by atoms with E-state index in [2.05, 4.69) is 5.32 Å². The first-order valence-electron chi connectivity index (χ1n) is 16.1. The Morgan fingerprint density at radius 2 is 1.35 bits per heavy atom. The molecule has 4 aliphatic rings. The molecule has 49 heavy (non-hydrogen) atoms. The Kier molecular flexibility index (Phi) is 14.4. The van der Waals surface area contributed by atoms with Gasteiger partial charge in [-0.1, -0.05) is 0 Å². The third-order valence-corrected chi connectivity index (χ3v) is 9.40. The van der Waals surface area contributed by atoms with Gasteiger partial charge in [0.2, 0.25) is 0 Å². The lowest BCUT2D eigenvalue weighted by Crippen LogP contribution is -2.68. The van der Waals surface area contributed by atoms with Crippen LogP contribution in [-0.2, 0) is 33.2 Å². The maximum absolute atomic E-state index is 12.7. The normalized spacial score (nSPS) is 47.5. The number of aliphatic hydroxyl groups excluding tert-OH is 8. The van der Waals surface area contributed by atoms with Crippen molar-refractivity contribution in [1.29, 1.82) is 0 Å². The van der Waals surface area contributed by atoms with Crippen molar-refractivity contribution in [2.45, 2.75) is 135 Å². The fourth-order valence-electron chi connectivity index (χ4n) is 6.35. The molecule has 22 heteroatoms. The zero-order valence-electron chi connectivity index (χ0n) is 26.7. The van der Waals surface area contributed by atoms with Gasteiger partial charge in [0, 0.05) is 32.1 Å². The number of aliphatic hydroxyl groups is 8. The molecule has 0 aromatic rings. The summed E-state index contributed by atoms with van der Waals surface area (Å²) in [5, 5.41) is 86.3. The van der Waals surface area contributed by atoms with E-state index in [1.807, 2.05) is 0 Å². The largest absolute Gasteiger partial charge is 0.394 e. The fraction of sp³-hybridized carbons (Fsp3) is 0.963. The summed E-state index contributed by atoms with van der Waals surface area (Å²) in [5.74, 6) is -1.08. The summed E-state index contributed by atoms with van der Waals surface area (Å²) in [6, 6.07) is -4.73. The van der Waals surface area contributed by atoms with Crippen LogP contribution in [0.5, 0.6) is 0 Å². The van der Waals surface area contributed by atoms with E-state index in [1.165, 1.54) is 0 Å². The highest BCUT2D eigenvalue weighted by Crippen LogP contribution is 2.35. The third-order valence-electron chi connectivity index (χ3n) is 9.40. The van der Waals surface area contributed by atoms with Crippen LogP contribution in [0.25, 0.3) is 0 Å². The van der Waals surface area contributed by atoms with E-state index >= 15 is 0 Å². The number of hydrogen-bond acceptors (Lipinski definition) is 21. The monoisotopic (exact) mass is 715 g/mol. The van der Waals surface area contributed by atoms with E-state index in [0.717, 1.165) is 0 Å². The Balaban J connectivity index is 1.62. The van der Waals surface area contributed by atoms with Crippen LogP contribution in [0.4, 0.5) is 0 Å². The second-order valence-corrected chi connectivity index (χ2v) is 12.9. The molecule has 0 unspecified atom stereocenters. The number of nitrogens with two attached hydrogens (primary N) is 6. The van der Waals surface area contributed by atoms with Gasteiger partial charge in [-0.2, -0.15) is 0 Å². The molecule has 0 bridgehead atoms. The molecule has 1 saturated carbocycles. The second kappa shape index (κ2) is 17.5. The van der Waals surface area contributed by atoms with E-state index in [0.29, 0.717) is 0 Å². The second-order valence-electron chi connectivity index (χ2n) is 12.9. The molecule has 0 radical (unpaired) electrons. The molecule has 4 fully saturated rings. The van der Waals surface area contributed by atoms with E-state index in [9.17, 15) is 45.6 Å². The summed E-state index contributed by atoms with van der Waals surface area (Å²) >= 11 is 0. The minimum Gasteiger partial charge on any atom is -0.394 e. The quantitative estimate of drug-likeness (QED) is 0.0841. The molecule has 21 N–H and O–H groups in total. The summed E-state index contributed by atoms with van der Waals surface area (Å²) < 4.78 is 35.4. The average Bonchev–Trinajstić information content (AvgIpc) is 3.38. The molecule has 20 atom stereocenters. The minimum absolute atomic E-state index is 0.0193. The number of rotatable bonds is 13. The molecule has 3 saturated heterocycles. The fourth-order valence-corrected chi connectivity index (χ4v) is 6.35. The number of carbonyl (C=O) groups excluding carboxylic acids is 1. The molecule has 0 aromatic heterocycles. The zero-order valence-corrected chi connectivity index (χ0v) is 26.7. The Morgan fingerprint density at radius 1 is 0.735 bits per heavy atom. The van der Waals surface area contributed by atoms with Crippen LogP contribution in [0, 0.1) is 0 Å². The highest BCUT2D eigenvalue weighted by molar-refractivity contribution is 5.81. The smallest absolute Gasteiger partial charge is 0.251 e. The van der Waals surface area contributed by atoms with Gasteiger partial charge in [0.25, 0.3) is 5.91 Å². The average molecular weight is 716 g/mol. The molecule has 0 spiro atoms. The van der Waals surface area contributed by atoms with Crippen molar-refractivity contribution in [3.8, 4) is 0 Å². The zero-order chi connectivity index (χ0) is 36.3. The molecule has 0 aromatic carbocycles. The molecule has 286 valence electrons. The topological polar surface area (TPSA) is 402 Å². The van der Waals surface area contributed by atoms with Crippen LogP contribution in [0.3, 0.4) is 0 Å². The molecule has 1 amide bonds. The third kappa shape index (κ3) is 8.83. The Hall–Kier alpha value is -1.33. The van der Waals surface area contributed by atoms with Gasteiger partial charge in [-0.25, -0.2) is 0 Å². The number of nitrogens with one attached hydrogen (secondary N) is 1. The van der Waals surface area contributed by atoms with Crippen molar-refractivity contribution < 1.29 is 74.1 Å². The van der Waals surface area contributed by atoms with Crippen LogP contribution >= 0.6 is 0 Å². The van der Waals surface area contributed by atoms with E-state index in [-0.39, 0.29) is 25.9 Å². The van der Waals surface area contributed by atoms with Gasteiger partial charge in [0.15, 0.2) is 25.0 Å². The predicted molar refractivity (Wildman–Crippen MR) is 162 cm³/mol. The Morgan fingerprint density at radius 3 is 1.96 bits per heavy atom. The lowest BCUT2D eigenvalue weighted by Gasteiger charge is -2.47. The maximum Gasteiger partial charge on any atom is 0.251 e. The van der Waals surface area contributed by atoms with Crippen molar-refractivity contribution in [3.63, 3.8) is 0 Å². The van der Waals surface area contributed by atoms with Crippen LogP contribution in [0.2, 0.25) is 0 Å². The van der Waals surface area contributed by atoms with Crippen LogP contribution in [0.15, 0.2) is 0 Å². The standard InChI is InChI=1S/C27H53N7O15/c28-3-7-1-10(36)14(32)25(44-7)47-21-8(31)2-9(34-24(43)17(39)11(37)4-29)16(38)22(21)48-27-23(19(41)13(6-35)46-27)49-26-15(33)20(42)18(40)12(5-30)45-26/h7-23,25-27,35-42H,1-6,28-33H2,(H,34,43)/t7-,8-,9+,10+,11-,12-,13+,14+,15+,16-,17-,18+,19+,20+,21+,22+,23+,25+,26+,27-/m0/s1. The Bertz CT molecular complexity index is 1060. The molecule has 4 rings (SSSR count). The number of amides is 1. The van der Waals surface area contributed by atoms with Crippen molar-refractivity contribution in [3.05, 3.63) is 0 Å². The van der Waals surface area contributed by atoms with Gasteiger partial charge in [0.05, 0.1) is 36.9 Å². The summed E-state index contributed by atoms with van der Waals surface area (Å²) in [6.07, 6.45) is -22.9. The van der Waals surface area contributed by atoms with E-state index in [1.54, 1.807) is 0 Å². The first kappa shape index (κ1) is 40.4. The molecular weight excluding hydrogens is 662 g/mol. The van der Waals surface area contributed by atoms with Gasteiger partial charge < -0.3 is 109 Å². The minimum atomic E-state index is -1.95. The van der Waals surface area contributed by atoms with Crippen molar-refractivity contribution >= 4 is 5.91 Å². The molecule has 3 heterocycles. The van der Waals surface area contributed by atoms with Crippen molar-refractivity contribution in [2.75, 3.05) is 26.2 Å². The first-order chi connectivity index (χ1) is 23.2. The SMILES string of the molecule is NC[C@@H]1C[C@@H](O)[C@@H](N)[C@@H](O[C@H]2[C@H](O[C@@H]3O[C@H](CO)[C@@H](O)[C@H]3O[C@H]3O[C@@H](CN)[C@@H](O)[C@H](O)[C@H]3N)[C@@H](O)[C@H](NC(=O)[C@@H](O)[C@@H](O)CN)C[C@@H]2N)O1.